The van der Waals surface area contributed by atoms with E-state index in [1.54, 1.807) is 6.21 Å². The molecule has 0 bridgehead atoms. The van der Waals surface area contributed by atoms with Gasteiger partial charge in [-0.05, 0) is 37.1 Å². The Morgan fingerprint density at radius 1 is 0.968 bits per heavy atom. The molecule has 3 aromatic carbocycles. The predicted molar refractivity (Wildman–Crippen MR) is 125 cm³/mol. The zero-order valence-corrected chi connectivity index (χ0v) is 17.7. The summed E-state index contributed by atoms with van der Waals surface area (Å²) in [6, 6.07) is 26.2. The Labute approximate surface area is 182 Å². The summed E-state index contributed by atoms with van der Waals surface area (Å²) in [7, 11) is 0. The number of aryl methyl sites for hydroxylation is 1. The summed E-state index contributed by atoms with van der Waals surface area (Å²) in [5.74, 6) is 0.395. The zero-order valence-electron chi connectivity index (χ0n) is 17.7. The lowest BCUT2D eigenvalue weighted by Gasteiger charge is -2.08. The lowest BCUT2D eigenvalue weighted by molar-refractivity contribution is -0.123. The number of fused-ring (bicyclic) bond motifs is 1. The molecule has 1 N–H and O–H groups in total. The van der Waals surface area contributed by atoms with Crippen LogP contribution in [0.15, 0.2) is 84.0 Å². The third-order valence-corrected chi connectivity index (χ3v) is 5.30. The first-order valence-corrected chi connectivity index (χ1v) is 10.3. The van der Waals surface area contributed by atoms with E-state index in [1.807, 2.05) is 61.5 Å². The second-order valence-electron chi connectivity index (χ2n) is 7.44. The van der Waals surface area contributed by atoms with Crippen LogP contribution >= 0.6 is 0 Å². The normalized spacial score (nSPS) is 11.2. The number of carbonyl (C=O) groups is 1. The average molecular weight is 412 g/mol. The van der Waals surface area contributed by atoms with Crippen LogP contribution in [-0.2, 0) is 11.3 Å². The van der Waals surface area contributed by atoms with Crippen LogP contribution in [0.2, 0.25) is 0 Å². The van der Waals surface area contributed by atoms with Gasteiger partial charge in [-0.25, -0.2) is 5.43 Å². The fourth-order valence-electron chi connectivity index (χ4n) is 3.65. The molecule has 0 aliphatic rings. The molecule has 0 aliphatic carbocycles. The van der Waals surface area contributed by atoms with Crippen molar-refractivity contribution in [2.75, 3.05) is 6.61 Å². The highest BCUT2D eigenvalue weighted by molar-refractivity contribution is 6.01. The number of para-hydroxylation sites is 2. The number of amides is 1. The quantitative estimate of drug-likeness (QED) is 0.350. The molecule has 5 nitrogen and oxygen atoms in total. The van der Waals surface area contributed by atoms with Crippen molar-refractivity contribution < 1.29 is 9.53 Å². The summed E-state index contributed by atoms with van der Waals surface area (Å²) in [5, 5.41) is 5.29. The number of nitrogens with one attached hydrogen (secondary N) is 1. The number of carbonyl (C=O) groups excluding carboxylic acids is 1. The molecular weight excluding hydrogens is 386 g/mol. The fourth-order valence-corrected chi connectivity index (χ4v) is 3.65. The van der Waals surface area contributed by atoms with E-state index < -0.39 is 0 Å². The van der Waals surface area contributed by atoms with Gasteiger partial charge in [0, 0.05) is 28.7 Å². The second-order valence-corrected chi connectivity index (χ2v) is 7.44. The smallest absolute Gasteiger partial charge is 0.277 e. The summed E-state index contributed by atoms with van der Waals surface area (Å²) >= 11 is 0. The number of aromatic nitrogens is 1. The van der Waals surface area contributed by atoms with Crippen LogP contribution in [0.4, 0.5) is 0 Å². The molecule has 0 saturated heterocycles. The van der Waals surface area contributed by atoms with Gasteiger partial charge in [0.15, 0.2) is 6.61 Å². The Hall–Kier alpha value is -3.86. The molecule has 0 saturated carbocycles. The van der Waals surface area contributed by atoms with Gasteiger partial charge in [0.1, 0.15) is 5.75 Å². The molecule has 1 heterocycles. The number of hydrogen-bond acceptors (Lipinski definition) is 3. The van der Waals surface area contributed by atoms with Gasteiger partial charge in [-0.15, -0.1) is 0 Å². The molecule has 4 rings (SSSR count). The summed E-state index contributed by atoms with van der Waals surface area (Å²) in [4.78, 5) is 12.2. The standard InChI is InChI=1S/C26H25N3O2/c1-19-10-6-9-15-25(19)31-18-26(30)28-27-16-23-20(2)29(17-21-11-4-3-5-12-21)24-14-8-7-13-22(23)24/h3-16H,17-18H2,1-2H3,(H,28,30)/b27-16-. The van der Waals surface area contributed by atoms with Crippen LogP contribution in [0.5, 0.6) is 5.75 Å². The average Bonchev–Trinajstić information content (AvgIpc) is 3.05. The topological polar surface area (TPSA) is 55.6 Å². The molecule has 5 heteroatoms. The van der Waals surface area contributed by atoms with E-state index in [0.717, 1.165) is 34.3 Å². The van der Waals surface area contributed by atoms with Crippen LogP contribution < -0.4 is 10.2 Å². The van der Waals surface area contributed by atoms with Crippen molar-refractivity contribution in [3.05, 3.63) is 101 Å². The number of benzene rings is 3. The first kappa shape index (κ1) is 20.4. The van der Waals surface area contributed by atoms with Crippen LogP contribution in [0.3, 0.4) is 0 Å². The van der Waals surface area contributed by atoms with E-state index >= 15 is 0 Å². The van der Waals surface area contributed by atoms with E-state index in [9.17, 15) is 4.79 Å². The van der Waals surface area contributed by atoms with Gasteiger partial charge < -0.3 is 9.30 Å². The largest absolute Gasteiger partial charge is 0.483 e. The number of ether oxygens (including phenoxy) is 1. The number of hydrazone groups is 1. The van der Waals surface area contributed by atoms with Crippen molar-refractivity contribution >= 4 is 23.0 Å². The SMILES string of the molecule is Cc1ccccc1OCC(=O)N/N=C\c1c(C)n(Cc2ccccc2)c2ccccc12. The lowest BCUT2D eigenvalue weighted by atomic mass is 10.1. The third kappa shape index (κ3) is 4.67. The highest BCUT2D eigenvalue weighted by Gasteiger charge is 2.13. The van der Waals surface area contributed by atoms with Gasteiger partial charge in [0.25, 0.3) is 5.91 Å². The van der Waals surface area contributed by atoms with Gasteiger partial charge >= 0.3 is 0 Å². The van der Waals surface area contributed by atoms with Crippen molar-refractivity contribution in [2.45, 2.75) is 20.4 Å². The van der Waals surface area contributed by atoms with Crippen LogP contribution in [0.25, 0.3) is 10.9 Å². The van der Waals surface area contributed by atoms with Crippen molar-refractivity contribution in [3.63, 3.8) is 0 Å². The number of rotatable bonds is 7. The minimum Gasteiger partial charge on any atom is -0.483 e. The summed E-state index contributed by atoms with van der Waals surface area (Å²) in [5.41, 5.74) is 8.01. The van der Waals surface area contributed by atoms with Gasteiger partial charge in [-0.3, -0.25) is 4.79 Å². The molecule has 31 heavy (non-hydrogen) atoms. The molecule has 1 amide bonds. The Morgan fingerprint density at radius 3 is 2.48 bits per heavy atom. The minimum absolute atomic E-state index is 0.0864. The Morgan fingerprint density at radius 2 is 1.68 bits per heavy atom. The number of hydrogen-bond donors (Lipinski definition) is 1. The van der Waals surface area contributed by atoms with E-state index in [0.29, 0.717) is 5.75 Å². The lowest BCUT2D eigenvalue weighted by Crippen LogP contribution is -2.24. The molecular formula is C26H25N3O2. The first-order valence-electron chi connectivity index (χ1n) is 10.3. The maximum absolute atomic E-state index is 12.2. The minimum atomic E-state index is -0.301. The summed E-state index contributed by atoms with van der Waals surface area (Å²) in [6.07, 6.45) is 1.71. The molecule has 1 aromatic heterocycles. The zero-order chi connectivity index (χ0) is 21.6. The van der Waals surface area contributed by atoms with E-state index in [1.165, 1.54) is 5.56 Å². The summed E-state index contributed by atoms with van der Waals surface area (Å²) in [6.45, 7) is 4.71. The van der Waals surface area contributed by atoms with Crippen molar-refractivity contribution in [2.24, 2.45) is 5.10 Å². The maximum atomic E-state index is 12.2. The third-order valence-electron chi connectivity index (χ3n) is 5.30. The van der Waals surface area contributed by atoms with Crippen molar-refractivity contribution in [3.8, 4) is 5.75 Å². The van der Waals surface area contributed by atoms with Crippen LogP contribution in [0, 0.1) is 13.8 Å². The molecule has 4 aromatic rings. The van der Waals surface area contributed by atoms with Gasteiger partial charge in [-0.2, -0.15) is 5.10 Å². The van der Waals surface area contributed by atoms with E-state index in [4.69, 9.17) is 4.74 Å². The number of nitrogens with zero attached hydrogens (tertiary/aromatic N) is 2. The highest BCUT2D eigenvalue weighted by atomic mass is 16.5. The molecule has 0 atom stereocenters. The molecule has 0 fully saturated rings. The molecule has 0 aliphatic heterocycles. The molecule has 156 valence electrons. The predicted octanol–water partition coefficient (Wildman–Crippen LogP) is 4.84. The molecule has 0 radical (unpaired) electrons. The first-order chi connectivity index (χ1) is 15.1. The monoisotopic (exact) mass is 411 g/mol. The summed E-state index contributed by atoms with van der Waals surface area (Å²) < 4.78 is 7.85. The Bertz CT molecular complexity index is 1230. The van der Waals surface area contributed by atoms with Gasteiger partial charge in [0.05, 0.1) is 6.21 Å². The second kappa shape index (κ2) is 9.30. The van der Waals surface area contributed by atoms with E-state index in [2.05, 4.69) is 46.3 Å². The Balaban J connectivity index is 1.49. The maximum Gasteiger partial charge on any atom is 0.277 e. The van der Waals surface area contributed by atoms with Gasteiger partial charge in [-0.1, -0.05) is 66.7 Å². The van der Waals surface area contributed by atoms with Gasteiger partial charge in [0.2, 0.25) is 0 Å². The van der Waals surface area contributed by atoms with Crippen LogP contribution in [0.1, 0.15) is 22.4 Å². The molecule has 0 unspecified atom stereocenters. The van der Waals surface area contributed by atoms with Crippen molar-refractivity contribution in [1.29, 1.82) is 0 Å². The Kier molecular flexibility index (Phi) is 6.13. The van der Waals surface area contributed by atoms with Crippen molar-refractivity contribution in [1.82, 2.24) is 9.99 Å². The highest BCUT2D eigenvalue weighted by Crippen LogP contribution is 2.25. The molecule has 0 spiro atoms. The van der Waals surface area contributed by atoms with E-state index in [-0.39, 0.29) is 12.5 Å². The van der Waals surface area contributed by atoms with Crippen LogP contribution in [-0.4, -0.2) is 23.3 Å². The fraction of sp³-hybridized carbons (Fsp3) is 0.154.